The van der Waals surface area contributed by atoms with Crippen molar-refractivity contribution in [1.29, 1.82) is 0 Å². The second kappa shape index (κ2) is 5.62. The van der Waals surface area contributed by atoms with Crippen LogP contribution in [0.5, 0.6) is 0 Å². The predicted octanol–water partition coefficient (Wildman–Crippen LogP) is 1.20. The van der Waals surface area contributed by atoms with Gasteiger partial charge in [0.05, 0.1) is 6.42 Å². The summed E-state index contributed by atoms with van der Waals surface area (Å²) in [7, 11) is 1.74. The number of benzene rings is 1. The minimum absolute atomic E-state index is 0.0345. The first kappa shape index (κ1) is 13.2. The predicted molar refractivity (Wildman–Crippen MR) is 69.8 cm³/mol. The fourth-order valence-corrected chi connectivity index (χ4v) is 1.78. The van der Waals surface area contributed by atoms with E-state index in [0.717, 1.165) is 5.56 Å². The van der Waals surface area contributed by atoms with Crippen LogP contribution in [0.25, 0.3) is 0 Å². The van der Waals surface area contributed by atoms with Gasteiger partial charge in [-0.3, -0.25) is 9.48 Å². The summed E-state index contributed by atoms with van der Waals surface area (Å²) in [6.45, 7) is 0.281. The Bertz CT molecular complexity index is 594. The molecule has 0 bridgehead atoms. The number of anilines is 1. The molecule has 0 aliphatic rings. The summed E-state index contributed by atoms with van der Waals surface area (Å²) in [5, 5.41) is 6.74. The first-order valence-electron chi connectivity index (χ1n) is 5.86. The Hall–Kier alpha value is -2.21. The molecule has 0 fully saturated rings. The molecule has 6 heteroatoms. The smallest absolute Gasteiger partial charge is 0.230 e. The maximum atomic E-state index is 13.4. The topological polar surface area (TPSA) is 72.9 Å². The Morgan fingerprint density at radius 1 is 1.42 bits per heavy atom. The van der Waals surface area contributed by atoms with Crippen molar-refractivity contribution in [1.82, 2.24) is 9.78 Å². The lowest BCUT2D eigenvalue weighted by Crippen LogP contribution is -2.17. The average Bonchev–Trinajstić information content (AvgIpc) is 2.72. The lowest BCUT2D eigenvalue weighted by atomic mass is 10.1. The quantitative estimate of drug-likeness (QED) is 0.869. The van der Waals surface area contributed by atoms with Gasteiger partial charge in [0.1, 0.15) is 5.82 Å². The molecule has 1 aromatic heterocycles. The number of nitrogens with zero attached hydrogens (tertiary/aromatic N) is 2. The van der Waals surface area contributed by atoms with Crippen molar-refractivity contribution < 1.29 is 9.18 Å². The zero-order chi connectivity index (χ0) is 13.8. The van der Waals surface area contributed by atoms with E-state index in [-0.39, 0.29) is 18.9 Å². The van der Waals surface area contributed by atoms with Gasteiger partial charge in [-0.2, -0.15) is 5.10 Å². The molecule has 2 aromatic rings. The minimum atomic E-state index is -0.391. The Labute approximate surface area is 110 Å². The van der Waals surface area contributed by atoms with Gasteiger partial charge in [0, 0.05) is 25.4 Å². The molecule has 0 saturated heterocycles. The molecule has 1 heterocycles. The minimum Gasteiger partial charge on any atom is -0.326 e. The van der Waals surface area contributed by atoms with Crippen LogP contribution in [0.1, 0.15) is 11.1 Å². The number of amides is 1. The van der Waals surface area contributed by atoms with Gasteiger partial charge >= 0.3 is 0 Å². The number of nitrogens with one attached hydrogen (secondary N) is 1. The molecule has 0 aliphatic carbocycles. The zero-order valence-electron chi connectivity index (χ0n) is 10.6. The summed E-state index contributed by atoms with van der Waals surface area (Å²) in [4.78, 5) is 11.8. The molecule has 0 saturated carbocycles. The third kappa shape index (κ3) is 3.17. The molecular weight excluding hydrogens is 247 g/mol. The van der Waals surface area contributed by atoms with Crippen LogP contribution in [0.4, 0.5) is 10.2 Å². The van der Waals surface area contributed by atoms with E-state index in [1.54, 1.807) is 36.1 Å². The van der Waals surface area contributed by atoms with E-state index in [1.807, 2.05) is 0 Å². The Morgan fingerprint density at radius 3 is 2.84 bits per heavy atom. The van der Waals surface area contributed by atoms with Crippen molar-refractivity contribution >= 4 is 11.7 Å². The molecular formula is C13H15FN4O. The third-order valence-corrected chi connectivity index (χ3v) is 2.69. The van der Waals surface area contributed by atoms with E-state index in [1.165, 1.54) is 6.07 Å². The Kier molecular flexibility index (Phi) is 3.91. The number of aryl methyl sites for hydroxylation is 1. The highest BCUT2D eigenvalue weighted by atomic mass is 19.1. The number of hydrogen-bond acceptors (Lipinski definition) is 3. The van der Waals surface area contributed by atoms with E-state index in [2.05, 4.69) is 10.4 Å². The van der Waals surface area contributed by atoms with Gasteiger partial charge in [0.25, 0.3) is 0 Å². The summed E-state index contributed by atoms with van der Waals surface area (Å²) in [6, 6.07) is 6.19. The van der Waals surface area contributed by atoms with Gasteiger partial charge in [-0.05, 0) is 11.6 Å². The molecule has 1 amide bonds. The molecule has 100 valence electrons. The summed E-state index contributed by atoms with van der Waals surface area (Å²) in [5.74, 6) is -0.289. The number of aromatic nitrogens is 2. The highest BCUT2D eigenvalue weighted by Crippen LogP contribution is 2.13. The van der Waals surface area contributed by atoms with Crippen molar-refractivity contribution in [3.63, 3.8) is 0 Å². The van der Waals surface area contributed by atoms with Crippen LogP contribution in [0.2, 0.25) is 0 Å². The van der Waals surface area contributed by atoms with E-state index in [9.17, 15) is 9.18 Å². The average molecular weight is 262 g/mol. The van der Waals surface area contributed by atoms with E-state index < -0.39 is 5.82 Å². The summed E-state index contributed by atoms with van der Waals surface area (Å²) in [6.07, 6.45) is 1.70. The normalized spacial score (nSPS) is 10.5. The van der Waals surface area contributed by atoms with Gasteiger partial charge < -0.3 is 11.1 Å². The SMILES string of the molecule is Cn1cc(CN)c(NC(=O)Cc2ccccc2F)n1. The van der Waals surface area contributed by atoms with Crippen LogP contribution in [-0.4, -0.2) is 15.7 Å². The van der Waals surface area contributed by atoms with Crippen molar-refractivity contribution in [3.05, 3.63) is 47.4 Å². The van der Waals surface area contributed by atoms with E-state index in [4.69, 9.17) is 5.73 Å². The van der Waals surface area contributed by atoms with Gasteiger partial charge in [-0.15, -0.1) is 0 Å². The monoisotopic (exact) mass is 262 g/mol. The maximum absolute atomic E-state index is 13.4. The largest absolute Gasteiger partial charge is 0.326 e. The molecule has 2 rings (SSSR count). The second-order valence-corrected chi connectivity index (χ2v) is 4.20. The Balaban J connectivity index is 2.07. The van der Waals surface area contributed by atoms with Crippen LogP contribution in [0.15, 0.2) is 30.5 Å². The van der Waals surface area contributed by atoms with Crippen LogP contribution in [0, 0.1) is 5.82 Å². The third-order valence-electron chi connectivity index (χ3n) is 2.69. The first-order valence-corrected chi connectivity index (χ1v) is 5.86. The first-order chi connectivity index (χ1) is 9.10. The lowest BCUT2D eigenvalue weighted by molar-refractivity contribution is -0.115. The van der Waals surface area contributed by atoms with Crippen molar-refractivity contribution in [2.45, 2.75) is 13.0 Å². The standard InChI is InChI=1S/C13H15FN4O/c1-18-8-10(7-15)13(17-18)16-12(19)6-9-4-2-3-5-11(9)14/h2-5,8H,6-7,15H2,1H3,(H,16,17,19). The lowest BCUT2D eigenvalue weighted by Gasteiger charge is -2.05. The maximum Gasteiger partial charge on any atom is 0.230 e. The number of rotatable bonds is 4. The van der Waals surface area contributed by atoms with Gasteiger partial charge in [-0.25, -0.2) is 4.39 Å². The van der Waals surface area contributed by atoms with E-state index in [0.29, 0.717) is 11.4 Å². The summed E-state index contributed by atoms with van der Waals surface area (Å²) in [5.41, 5.74) is 6.64. The highest BCUT2D eigenvalue weighted by molar-refractivity contribution is 5.92. The molecule has 0 aliphatic heterocycles. The van der Waals surface area contributed by atoms with Crippen LogP contribution < -0.4 is 11.1 Å². The molecule has 0 unspecified atom stereocenters. The van der Waals surface area contributed by atoms with Crippen molar-refractivity contribution in [2.75, 3.05) is 5.32 Å². The molecule has 1 aromatic carbocycles. The number of carbonyl (C=O) groups is 1. The van der Waals surface area contributed by atoms with Crippen LogP contribution in [0.3, 0.4) is 0 Å². The fraction of sp³-hybridized carbons (Fsp3) is 0.231. The van der Waals surface area contributed by atoms with Gasteiger partial charge in [0.2, 0.25) is 5.91 Å². The van der Waals surface area contributed by atoms with E-state index >= 15 is 0 Å². The number of halogens is 1. The van der Waals surface area contributed by atoms with Gasteiger partial charge in [-0.1, -0.05) is 18.2 Å². The molecule has 5 nitrogen and oxygen atoms in total. The molecule has 19 heavy (non-hydrogen) atoms. The van der Waals surface area contributed by atoms with Crippen LogP contribution >= 0.6 is 0 Å². The van der Waals surface area contributed by atoms with Crippen LogP contribution in [-0.2, 0) is 24.8 Å². The van der Waals surface area contributed by atoms with Gasteiger partial charge in [0.15, 0.2) is 5.82 Å². The number of nitrogens with two attached hydrogens (primary N) is 1. The summed E-state index contributed by atoms with van der Waals surface area (Å²) >= 11 is 0. The number of hydrogen-bond donors (Lipinski definition) is 2. The van der Waals surface area contributed by atoms with Crippen molar-refractivity contribution in [2.24, 2.45) is 12.8 Å². The molecule has 0 atom stereocenters. The number of carbonyl (C=O) groups excluding carboxylic acids is 1. The molecule has 0 radical (unpaired) electrons. The van der Waals surface area contributed by atoms with Crippen molar-refractivity contribution in [3.8, 4) is 0 Å². The fourth-order valence-electron chi connectivity index (χ4n) is 1.78. The molecule has 0 spiro atoms. The summed E-state index contributed by atoms with van der Waals surface area (Å²) < 4.78 is 15.0. The Morgan fingerprint density at radius 2 is 2.16 bits per heavy atom. The zero-order valence-corrected chi connectivity index (χ0v) is 10.6. The second-order valence-electron chi connectivity index (χ2n) is 4.20. The molecule has 3 N–H and O–H groups in total. The highest BCUT2D eigenvalue weighted by Gasteiger charge is 2.12.